The Balaban J connectivity index is 1.44. The van der Waals surface area contributed by atoms with Crippen LogP contribution in [0, 0.1) is 5.92 Å². The van der Waals surface area contributed by atoms with Gasteiger partial charge in [0.15, 0.2) is 5.71 Å². The van der Waals surface area contributed by atoms with Crippen molar-refractivity contribution < 1.29 is 4.58 Å². The van der Waals surface area contributed by atoms with E-state index in [9.17, 15) is 0 Å². The van der Waals surface area contributed by atoms with Gasteiger partial charge in [-0.1, -0.05) is 92.8 Å². The van der Waals surface area contributed by atoms with Crippen molar-refractivity contribution >= 4 is 28.2 Å². The third-order valence-corrected chi connectivity index (χ3v) is 8.82. The molecule has 0 N–H and O–H groups in total. The number of benzene rings is 3. The summed E-state index contributed by atoms with van der Waals surface area (Å²) in [6.07, 6.45) is 17.1. The van der Waals surface area contributed by atoms with Crippen LogP contribution in [0.1, 0.15) is 68.7 Å². The van der Waals surface area contributed by atoms with Gasteiger partial charge in [-0.2, -0.15) is 4.58 Å². The van der Waals surface area contributed by atoms with Gasteiger partial charge in [0.05, 0.1) is 11.1 Å². The Morgan fingerprint density at radius 3 is 2.45 bits per heavy atom. The van der Waals surface area contributed by atoms with Gasteiger partial charge in [0.1, 0.15) is 6.54 Å². The maximum absolute atomic E-state index is 4.60. The van der Waals surface area contributed by atoms with Crippen molar-refractivity contribution in [2.75, 3.05) is 6.54 Å². The summed E-state index contributed by atoms with van der Waals surface area (Å²) in [4.78, 5) is 4.60. The predicted molar refractivity (Wildman–Crippen MR) is 160 cm³/mol. The first kappa shape index (κ1) is 24.8. The molecule has 38 heavy (non-hydrogen) atoms. The maximum atomic E-state index is 4.60. The first-order valence-corrected chi connectivity index (χ1v) is 14.5. The van der Waals surface area contributed by atoms with E-state index in [4.69, 9.17) is 0 Å². The van der Waals surface area contributed by atoms with Crippen molar-refractivity contribution in [3.05, 3.63) is 114 Å². The van der Waals surface area contributed by atoms with E-state index in [2.05, 4.69) is 107 Å². The van der Waals surface area contributed by atoms with Crippen molar-refractivity contribution in [3.8, 4) is 0 Å². The van der Waals surface area contributed by atoms with Gasteiger partial charge in [-0.25, -0.2) is 0 Å². The molecule has 0 bridgehead atoms. The number of nitrogens with zero attached hydrogens (tertiary/aromatic N) is 2. The number of unbranched alkanes of at least 4 members (excludes halogenated alkanes) is 1. The monoisotopic (exact) mass is 499 g/mol. The van der Waals surface area contributed by atoms with Gasteiger partial charge in [-0.05, 0) is 66.3 Å². The molecule has 0 amide bonds. The molecule has 2 aliphatic rings. The third-order valence-electron chi connectivity index (χ3n) is 8.82. The normalized spacial score (nSPS) is 19.6. The van der Waals surface area contributed by atoms with Gasteiger partial charge in [0.2, 0.25) is 5.69 Å². The Kier molecular flexibility index (Phi) is 7.22. The molecule has 1 unspecified atom stereocenters. The van der Waals surface area contributed by atoms with Crippen LogP contribution in [0.4, 0.5) is 5.69 Å². The summed E-state index contributed by atoms with van der Waals surface area (Å²) in [6, 6.07) is 30.8. The van der Waals surface area contributed by atoms with Crippen molar-refractivity contribution in [1.82, 2.24) is 4.98 Å². The lowest BCUT2D eigenvalue weighted by atomic mass is 9.73. The topological polar surface area (TPSA) is 15.9 Å². The van der Waals surface area contributed by atoms with E-state index in [1.54, 1.807) is 0 Å². The van der Waals surface area contributed by atoms with Crippen LogP contribution in [-0.4, -0.2) is 21.8 Å². The van der Waals surface area contributed by atoms with Crippen LogP contribution in [-0.2, 0) is 11.8 Å². The lowest BCUT2D eigenvalue weighted by Gasteiger charge is -2.24. The van der Waals surface area contributed by atoms with Gasteiger partial charge in [0.25, 0.3) is 0 Å². The molecule has 6 rings (SSSR count). The van der Waals surface area contributed by atoms with Crippen molar-refractivity contribution in [3.63, 3.8) is 0 Å². The van der Waals surface area contributed by atoms with Crippen LogP contribution in [0.5, 0.6) is 0 Å². The highest BCUT2D eigenvalue weighted by Gasteiger charge is 2.48. The first-order valence-electron chi connectivity index (χ1n) is 14.5. The molecular formula is C36H39N2+. The molecule has 0 spiro atoms. The molecule has 0 saturated heterocycles. The fourth-order valence-corrected chi connectivity index (χ4v) is 6.96. The zero-order valence-electron chi connectivity index (χ0n) is 22.7. The van der Waals surface area contributed by atoms with Crippen molar-refractivity contribution in [2.45, 2.75) is 63.7 Å². The second-order valence-electron chi connectivity index (χ2n) is 11.4. The van der Waals surface area contributed by atoms with E-state index in [1.165, 1.54) is 78.2 Å². The zero-order chi connectivity index (χ0) is 25.8. The summed E-state index contributed by atoms with van der Waals surface area (Å²) >= 11 is 0. The average Bonchev–Trinajstić information content (AvgIpc) is 3.56. The minimum absolute atomic E-state index is 0.145. The van der Waals surface area contributed by atoms with Crippen LogP contribution in [0.2, 0.25) is 0 Å². The highest BCUT2D eigenvalue weighted by atomic mass is 15.1. The van der Waals surface area contributed by atoms with E-state index in [-0.39, 0.29) is 5.41 Å². The number of hydrogen-bond donors (Lipinski definition) is 0. The van der Waals surface area contributed by atoms with Crippen LogP contribution in [0.3, 0.4) is 0 Å². The smallest absolute Gasteiger partial charge is 0.210 e. The molecule has 1 aliphatic heterocycles. The Morgan fingerprint density at radius 2 is 1.63 bits per heavy atom. The summed E-state index contributed by atoms with van der Waals surface area (Å²) in [5.74, 6) is 0.959. The molecule has 0 radical (unpaired) electrons. The maximum Gasteiger partial charge on any atom is 0.210 e. The SMILES string of the molecule is CC1(Cc2ccccc2)C(/C=C/c2ccccn2)=[N+](CCCCC2CCCC2)c2ccc3ccccc3c21. The number of allylic oxidation sites excluding steroid dienone is 1. The lowest BCUT2D eigenvalue weighted by molar-refractivity contribution is -0.438. The molecule has 1 atom stereocenters. The van der Waals surface area contributed by atoms with E-state index >= 15 is 0 Å². The summed E-state index contributed by atoms with van der Waals surface area (Å²) < 4.78 is 2.64. The van der Waals surface area contributed by atoms with Crippen LogP contribution >= 0.6 is 0 Å². The number of hydrogen-bond acceptors (Lipinski definition) is 1. The van der Waals surface area contributed by atoms with Crippen molar-refractivity contribution in [2.24, 2.45) is 5.92 Å². The lowest BCUT2D eigenvalue weighted by Crippen LogP contribution is -2.34. The molecule has 3 aromatic carbocycles. The van der Waals surface area contributed by atoms with Crippen LogP contribution in [0.15, 0.2) is 97.2 Å². The second kappa shape index (κ2) is 11.1. The molecular weight excluding hydrogens is 460 g/mol. The fraction of sp³-hybridized carbons (Fsp3) is 0.333. The number of rotatable bonds is 9. The van der Waals surface area contributed by atoms with Crippen LogP contribution in [0.25, 0.3) is 16.8 Å². The molecule has 192 valence electrons. The van der Waals surface area contributed by atoms with Gasteiger partial charge in [0, 0.05) is 30.3 Å². The molecule has 2 heteroatoms. The molecule has 2 heterocycles. The minimum Gasteiger partial charge on any atom is -0.257 e. The molecule has 4 aromatic rings. The zero-order valence-corrected chi connectivity index (χ0v) is 22.7. The fourth-order valence-electron chi connectivity index (χ4n) is 6.96. The van der Waals surface area contributed by atoms with E-state index < -0.39 is 0 Å². The second-order valence-corrected chi connectivity index (χ2v) is 11.4. The van der Waals surface area contributed by atoms with Crippen molar-refractivity contribution in [1.29, 1.82) is 0 Å². The number of aromatic nitrogens is 1. The molecule has 1 aliphatic carbocycles. The molecule has 1 fully saturated rings. The Bertz CT molecular complexity index is 1440. The van der Waals surface area contributed by atoms with Gasteiger partial charge in [-0.3, -0.25) is 4.98 Å². The highest BCUT2D eigenvalue weighted by Crippen LogP contribution is 2.46. The van der Waals surface area contributed by atoms with E-state index in [0.29, 0.717) is 0 Å². The van der Waals surface area contributed by atoms with Gasteiger partial charge >= 0.3 is 0 Å². The summed E-state index contributed by atoms with van der Waals surface area (Å²) in [5, 5.41) is 2.70. The Hall–Kier alpha value is -3.52. The average molecular weight is 500 g/mol. The molecule has 1 aromatic heterocycles. The number of fused-ring (bicyclic) bond motifs is 3. The predicted octanol–water partition coefficient (Wildman–Crippen LogP) is 8.91. The Morgan fingerprint density at radius 1 is 0.842 bits per heavy atom. The van der Waals surface area contributed by atoms with Gasteiger partial charge < -0.3 is 0 Å². The quantitative estimate of drug-likeness (QED) is 0.166. The molecule has 2 nitrogen and oxygen atoms in total. The standard InChI is InChI=1S/C36H39N2/c1-36(27-29-16-3-2-4-17-29)34(24-22-31-19-9-11-25-37-31)38(26-12-10-15-28-13-5-6-14-28)33-23-21-30-18-7-8-20-32(30)35(33)36/h2-4,7-9,11,16-25,28H,5-6,10,12-15,26-27H2,1H3/q+1/b24-22+. The Labute approximate surface area is 227 Å². The van der Waals surface area contributed by atoms with E-state index in [0.717, 1.165) is 24.6 Å². The van der Waals surface area contributed by atoms with Gasteiger partial charge in [-0.15, -0.1) is 0 Å². The summed E-state index contributed by atoms with van der Waals surface area (Å²) in [6.45, 7) is 3.52. The largest absolute Gasteiger partial charge is 0.257 e. The minimum atomic E-state index is -0.145. The molecule has 1 saturated carbocycles. The van der Waals surface area contributed by atoms with E-state index in [1.807, 2.05) is 12.3 Å². The summed E-state index contributed by atoms with van der Waals surface area (Å²) in [5.41, 5.74) is 6.47. The highest BCUT2D eigenvalue weighted by molar-refractivity contribution is 6.09. The number of pyridine rings is 1. The third kappa shape index (κ3) is 4.97. The summed E-state index contributed by atoms with van der Waals surface area (Å²) in [7, 11) is 0. The van der Waals surface area contributed by atoms with Crippen LogP contribution < -0.4 is 0 Å². The first-order chi connectivity index (χ1) is 18.7.